The second-order valence-corrected chi connectivity index (χ2v) is 3.12. The Morgan fingerprint density at radius 2 is 2.23 bits per heavy atom. The lowest BCUT2D eigenvalue weighted by Gasteiger charge is -2.05. The van der Waals surface area contributed by atoms with Crippen molar-refractivity contribution < 1.29 is 9.23 Å². The first-order valence-electron chi connectivity index (χ1n) is 3.97. The summed E-state index contributed by atoms with van der Waals surface area (Å²) in [5, 5.41) is 0.117. The summed E-state index contributed by atoms with van der Waals surface area (Å²) in [7, 11) is 0. The molecule has 0 saturated heterocycles. The van der Waals surface area contributed by atoms with E-state index in [0.717, 1.165) is 12.0 Å². The lowest BCUT2D eigenvalue weighted by atomic mass is 10.1. The molecule has 0 fully saturated rings. The topological polar surface area (TPSA) is 35.2 Å². The second kappa shape index (κ2) is 4.56. The van der Waals surface area contributed by atoms with Gasteiger partial charge in [0.25, 0.3) is 0 Å². The number of nitrogens with two attached hydrogens (primary N) is 1. The largest absolute Gasteiger partial charge is 0.300 e. The van der Waals surface area contributed by atoms with Gasteiger partial charge in [-0.1, -0.05) is 24.6 Å². The molecule has 0 aliphatic carbocycles. The molecule has 72 valence electrons. The standard InChI is InChI=1S/C9H11ClFNO/c1-2-6-3-7(5-13-12)9(11)8(10)4-6/h3-4H,2,5,12H2,1H3. The summed E-state index contributed by atoms with van der Waals surface area (Å²) in [4.78, 5) is 4.36. The quantitative estimate of drug-likeness (QED) is 0.766. The number of hydrogen-bond acceptors (Lipinski definition) is 2. The molecule has 0 amide bonds. The fraction of sp³-hybridized carbons (Fsp3) is 0.333. The summed E-state index contributed by atoms with van der Waals surface area (Å²) in [6.07, 6.45) is 0.803. The first-order chi connectivity index (χ1) is 6.19. The molecular formula is C9H11ClFNO. The van der Waals surface area contributed by atoms with E-state index in [1.54, 1.807) is 12.1 Å². The molecule has 0 radical (unpaired) electrons. The van der Waals surface area contributed by atoms with Crippen LogP contribution in [0.15, 0.2) is 12.1 Å². The molecule has 1 rings (SSSR count). The van der Waals surface area contributed by atoms with Gasteiger partial charge in [-0.2, -0.15) is 0 Å². The third kappa shape index (κ3) is 2.40. The normalized spacial score (nSPS) is 10.5. The minimum Gasteiger partial charge on any atom is -0.300 e. The maximum absolute atomic E-state index is 13.2. The molecule has 2 nitrogen and oxygen atoms in total. The number of benzene rings is 1. The number of hydrogen-bond donors (Lipinski definition) is 1. The monoisotopic (exact) mass is 203 g/mol. The SMILES string of the molecule is CCc1cc(Cl)c(F)c(CON)c1. The molecule has 0 aliphatic heterocycles. The van der Waals surface area contributed by atoms with Gasteiger partial charge in [-0.15, -0.1) is 0 Å². The zero-order valence-electron chi connectivity index (χ0n) is 7.31. The van der Waals surface area contributed by atoms with Crippen LogP contribution in [0.4, 0.5) is 4.39 Å². The van der Waals surface area contributed by atoms with Crippen LogP contribution in [0.5, 0.6) is 0 Å². The van der Waals surface area contributed by atoms with Crippen LogP contribution in [0.3, 0.4) is 0 Å². The fourth-order valence-electron chi connectivity index (χ4n) is 1.11. The molecule has 1 aromatic rings. The zero-order chi connectivity index (χ0) is 9.84. The van der Waals surface area contributed by atoms with Crippen molar-refractivity contribution in [2.24, 2.45) is 5.90 Å². The third-order valence-corrected chi connectivity index (χ3v) is 2.09. The summed E-state index contributed by atoms with van der Waals surface area (Å²) in [6.45, 7) is 2.01. The lowest BCUT2D eigenvalue weighted by Crippen LogP contribution is -2.02. The van der Waals surface area contributed by atoms with E-state index < -0.39 is 5.82 Å². The van der Waals surface area contributed by atoms with E-state index >= 15 is 0 Å². The van der Waals surface area contributed by atoms with Crippen LogP contribution in [0.2, 0.25) is 5.02 Å². The molecule has 0 unspecified atom stereocenters. The van der Waals surface area contributed by atoms with Gasteiger partial charge in [-0.05, 0) is 18.1 Å². The minimum atomic E-state index is -0.454. The van der Waals surface area contributed by atoms with Gasteiger partial charge in [0.2, 0.25) is 0 Å². The van der Waals surface area contributed by atoms with Crippen molar-refractivity contribution in [3.8, 4) is 0 Å². The van der Waals surface area contributed by atoms with E-state index in [0.29, 0.717) is 5.56 Å². The van der Waals surface area contributed by atoms with Gasteiger partial charge in [-0.25, -0.2) is 10.3 Å². The molecule has 4 heteroatoms. The van der Waals surface area contributed by atoms with Crippen molar-refractivity contribution in [3.63, 3.8) is 0 Å². The minimum absolute atomic E-state index is 0.0411. The van der Waals surface area contributed by atoms with Crippen molar-refractivity contribution in [3.05, 3.63) is 34.1 Å². The molecule has 13 heavy (non-hydrogen) atoms. The number of halogens is 2. The molecule has 1 aromatic carbocycles. The van der Waals surface area contributed by atoms with Crippen LogP contribution in [0.1, 0.15) is 18.1 Å². The number of aryl methyl sites for hydroxylation is 1. The highest BCUT2D eigenvalue weighted by Crippen LogP contribution is 2.21. The maximum Gasteiger partial charge on any atom is 0.147 e. The van der Waals surface area contributed by atoms with E-state index in [1.807, 2.05) is 6.92 Å². The smallest absolute Gasteiger partial charge is 0.147 e. The number of rotatable bonds is 3. The summed E-state index contributed by atoms with van der Waals surface area (Å²) in [6, 6.07) is 3.31. The molecule has 0 saturated carbocycles. The third-order valence-electron chi connectivity index (χ3n) is 1.81. The Balaban J connectivity index is 3.09. The van der Waals surface area contributed by atoms with E-state index in [2.05, 4.69) is 4.84 Å². The van der Waals surface area contributed by atoms with E-state index in [9.17, 15) is 4.39 Å². The Hall–Kier alpha value is -0.640. The van der Waals surface area contributed by atoms with Crippen molar-refractivity contribution in [2.45, 2.75) is 20.0 Å². The van der Waals surface area contributed by atoms with Gasteiger partial charge in [-0.3, -0.25) is 4.84 Å². The molecule has 0 aliphatic rings. The molecule has 0 aromatic heterocycles. The molecule has 0 heterocycles. The average Bonchev–Trinajstić information content (AvgIpc) is 2.13. The highest BCUT2D eigenvalue weighted by Gasteiger charge is 2.08. The van der Waals surface area contributed by atoms with E-state index in [-0.39, 0.29) is 11.6 Å². The van der Waals surface area contributed by atoms with Gasteiger partial charge in [0.15, 0.2) is 0 Å². The summed E-state index contributed by atoms with van der Waals surface area (Å²) >= 11 is 5.66. The Bertz CT molecular complexity index is 304. The maximum atomic E-state index is 13.2. The van der Waals surface area contributed by atoms with Crippen molar-refractivity contribution in [1.82, 2.24) is 0 Å². The van der Waals surface area contributed by atoms with Crippen molar-refractivity contribution in [1.29, 1.82) is 0 Å². The Labute approximate surface area is 81.4 Å². The van der Waals surface area contributed by atoms with Crippen LogP contribution in [0, 0.1) is 5.82 Å². The highest BCUT2D eigenvalue weighted by molar-refractivity contribution is 6.30. The van der Waals surface area contributed by atoms with Gasteiger partial charge in [0.1, 0.15) is 5.82 Å². The predicted octanol–water partition coefficient (Wildman–Crippen LogP) is 2.43. The molecule has 0 spiro atoms. The van der Waals surface area contributed by atoms with Gasteiger partial charge in [0.05, 0.1) is 11.6 Å². The first kappa shape index (κ1) is 10.4. The van der Waals surface area contributed by atoms with Gasteiger partial charge >= 0.3 is 0 Å². The highest BCUT2D eigenvalue weighted by atomic mass is 35.5. The Kier molecular flexibility index (Phi) is 3.66. The molecule has 0 atom stereocenters. The van der Waals surface area contributed by atoms with Crippen LogP contribution in [0.25, 0.3) is 0 Å². The molecule has 2 N–H and O–H groups in total. The predicted molar refractivity (Wildman–Crippen MR) is 49.8 cm³/mol. The average molecular weight is 204 g/mol. The van der Waals surface area contributed by atoms with Crippen LogP contribution in [-0.4, -0.2) is 0 Å². The van der Waals surface area contributed by atoms with Crippen LogP contribution < -0.4 is 5.90 Å². The van der Waals surface area contributed by atoms with Gasteiger partial charge in [0, 0.05) is 5.56 Å². The summed E-state index contributed by atoms with van der Waals surface area (Å²) in [5.74, 6) is 4.41. The molecule has 0 bridgehead atoms. The zero-order valence-corrected chi connectivity index (χ0v) is 8.07. The van der Waals surface area contributed by atoms with Crippen LogP contribution >= 0.6 is 11.6 Å². The lowest BCUT2D eigenvalue weighted by molar-refractivity contribution is 0.121. The van der Waals surface area contributed by atoms with Crippen molar-refractivity contribution >= 4 is 11.6 Å². The second-order valence-electron chi connectivity index (χ2n) is 2.72. The Morgan fingerprint density at radius 1 is 1.54 bits per heavy atom. The van der Waals surface area contributed by atoms with Gasteiger partial charge < -0.3 is 0 Å². The van der Waals surface area contributed by atoms with Crippen molar-refractivity contribution in [2.75, 3.05) is 0 Å². The molecular weight excluding hydrogens is 193 g/mol. The Morgan fingerprint density at radius 3 is 2.77 bits per heavy atom. The van der Waals surface area contributed by atoms with E-state index in [4.69, 9.17) is 17.5 Å². The van der Waals surface area contributed by atoms with Crippen LogP contribution in [-0.2, 0) is 17.9 Å². The first-order valence-corrected chi connectivity index (χ1v) is 4.35. The summed E-state index contributed by atoms with van der Waals surface area (Å²) in [5.41, 5.74) is 1.37. The fourth-order valence-corrected chi connectivity index (χ4v) is 1.37. The summed E-state index contributed by atoms with van der Waals surface area (Å²) < 4.78 is 13.2. The van der Waals surface area contributed by atoms with E-state index in [1.165, 1.54) is 0 Å².